The summed E-state index contributed by atoms with van der Waals surface area (Å²) in [6.45, 7) is 2.24. The molecule has 0 saturated carbocycles. The molecule has 2 rings (SSSR count). The topological polar surface area (TPSA) is 55.6 Å². The summed E-state index contributed by atoms with van der Waals surface area (Å²) in [5.41, 5.74) is 5.44. The van der Waals surface area contributed by atoms with Gasteiger partial charge in [0.25, 0.3) is 0 Å². The van der Waals surface area contributed by atoms with Gasteiger partial charge < -0.3 is 15.4 Å². The van der Waals surface area contributed by atoms with Crippen LogP contribution in [0, 0.1) is 0 Å². The standard InChI is InChI=1S/C11H20N2O2/c1-3-15-10(14)11(12)6-8-4-5-9(7-11)13(8)2/h8-9H,3-7,12H2,1-2H3/t8-,9-/m1/s1. The first-order chi connectivity index (χ1) is 7.07. The Morgan fingerprint density at radius 3 is 2.47 bits per heavy atom. The van der Waals surface area contributed by atoms with E-state index in [9.17, 15) is 4.79 Å². The van der Waals surface area contributed by atoms with Crippen LogP contribution in [0.3, 0.4) is 0 Å². The maximum Gasteiger partial charge on any atom is 0.326 e. The molecule has 86 valence electrons. The number of fused-ring (bicyclic) bond motifs is 2. The van der Waals surface area contributed by atoms with Gasteiger partial charge in [-0.2, -0.15) is 0 Å². The van der Waals surface area contributed by atoms with Crippen molar-refractivity contribution in [1.82, 2.24) is 4.90 Å². The molecule has 0 aromatic rings. The molecule has 0 radical (unpaired) electrons. The number of nitrogens with zero attached hydrogens (tertiary/aromatic N) is 1. The highest BCUT2D eigenvalue weighted by atomic mass is 16.5. The molecule has 2 aliphatic rings. The van der Waals surface area contributed by atoms with E-state index >= 15 is 0 Å². The number of carbonyl (C=O) groups is 1. The fourth-order valence-corrected chi connectivity index (χ4v) is 2.95. The summed E-state index contributed by atoms with van der Waals surface area (Å²) in [5, 5.41) is 0. The van der Waals surface area contributed by atoms with E-state index < -0.39 is 5.54 Å². The van der Waals surface area contributed by atoms with Gasteiger partial charge >= 0.3 is 5.97 Å². The third kappa shape index (κ3) is 1.76. The lowest BCUT2D eigenvalue weighted by atomic mass is 9.84. The Morgan fingerprint density at radius 1 is 1.47 bits per heavy atom. The third-order valence-electron chi connectivity index (χ3n) is 3.87. The number of carbonyl (C=O) groups excluding carboxylic acids is 1. The predicted molar refractivity (Wildman–Crippen MR) is 57.4 cm³/mol. The van der Waals surface area contributed by atoms with Crippen LogP contribution in [-0.2, 0) is 9.53 Å². The normalized spacial score (nSPS) is 40.5. The second-order valence-corrected chi connectivity index (χ2v) is 4.84. The number of hydrogen-bond donors (Lipinski definition) is 1. The Morgan fingerprint density at radius 2 is 2.00 bits per heavy atom. The molecule has 2 bridgehead atoms. The molecule has 2 atom stereocenters. The van der Waals surface area contributed by atoms with Crippen molar-refractivity contribution in [3.63, 3.8) is 0 Å². The molecule has 0 amide bonds. The van der Waals surface area contributed by atoms with Gasteiger partial charge in [0.2, 0.25) is 0 Å². The number of piperidine rings is 1. The van der Waals surface area contributed by atoms with Crippen LogP contribution in [0.2, 0.25) is 0 Å². The molecule has 2 fully saturated rings. The molecule has 0 spiro atoms. The van der Waals surface area contributed by atoms with Crippen molar-refractivity contribution < 1.29 is 9.53 Å². The zero-order valence-corrected chi connectivity index (χ0v) is 9.53. The summed E-state index contributed by atoms with van der Waals surface area (Å²) in [5.74, 6) is -0.213. The van der Waals surface area contributed by atoms with Crippen molar-refractivity contribution in [2.45, 2.75) is 50.2 Å². The average Bonchev–Trinajstić information content (AvgIpc) is 2.43. The van der Waals surface area contributed by atoms with E-state index in [1.165, 1.54) is 12.8 Å². The molecule has 0 aliphatic carbocycles. The molecule has 15 heavy (non-hydrogen) atoms. The van der Waals surface area contributed by atoms with Gasteiger partial charge in [-0.15, -0.1) is 0 Å². The van der Waals surface area contributed by atoms with Gasteiger partial charge in [0, 0.05) is 12.1 Å². The highest BCUT2D eigenvalue weighted by Crippen LogP contribution is 2.38. The molecule has 4 heteroatoms. The van der Waals surface area contributed by atoms with Gasteiger partial charge in [-0.1, -0.05) is 0 Å². The van der Waals surface area contributed by atoms with E-state index in [0.29, 0.717) is 18.7 Å². The SMILES string of the molecule is CCOC(=O)C1(N)C[C@H]2CC[C@H](C1)N2C. The quantitative estimate of drug-likeness (QED) is 0.677. The van der Waals surface area contributed by atoms with Gasteiger partial charge in [0.15, 0.2) is 0 Å². The third-order valence-corrected chi connectivity index (χ3v) is 3.87. The van der Waals surface area contributed by atoms with Crippen molar-refractivity contribution >= 4 is 5.97 Å². The maximum absolute atomic E-state index is 11.8. The van der Waals surface area contributed by atoms with Gasteiger partial charge in [-0.3, -0.25) is 4.79 Å². The van der Waals surface area contributed by atoms with Crippen LogP contribution >= 0.6 is 0 Å². The molecule has 2 aliphatic heterocycles. The molecule has 2 saturated heterocycles. The van der Waals surface area contributed by atoms with E-state index in [2.05, 4.69) is 11.9 Å². The smallest absolute Gasteiger partial charge is 0.326 e. The monoisotopic (exact) mass is 212 g/mol. The molecule has 2 heterocycles. The molecule has 0 aromatic heterocycles. The van der Waals surface area contributed by atoms with Crippen LogP contribution in [-0.4, -0.2) is 42.1 Å². The molecule has 0 unspecified atom stereocenters. The Balaban J connectivity index is 2.09. The molecule has 4 nitrogen and oxygen atoms in total. The first kappa shape index (κ1) is 10.9. The van der Waals surface area contributed by atoms with Crippen molar-refractivity contribution in [2.75, 3.05) is 13.7 Å². The van der Waals surface area contributed by atoms with E-state index in [-0.39, 0.29) is 5.97 Å². The van der Waals surface area contributed by atoms with Crippen LogP contribution in [0.1, 0.15) is 32.6 Å². The van der Waals surface area contributed by atoms with Crippen LogP contribution < -0.4 is 5.73 Å². The van der Waals surface area contributed by atoms with Gasteiger partial charge in [0.1, 0.15) is 5.54 Å². The maximum atomic E-state index is 11.8. The van der Waals surface area contributed by atoms with E-state index in [0.717, 1.165) is 12.8 Å². The zero-order valence-electron chi connectivity index (χ0n) is 9.53. The Kier molecular flexibility index (Phi) is 2.73. The summed E-state index contributed by atoms with van der Waals surface area (Å²) in [7, 11) is 2.13. The minimum absolute atomic E-state index is 0.213. The summed E-state index contributed by atoms with van der Waals surface area (Å²) in [6.07, 6.45) is 3.83. The number of nitrogens with two attached hydrogens (primary N) is 1. The van der Waals surface area contributed by atoms with Gasteiger partial charge in [-0.25, -0.2) is 0 Å². The fourth-order valence-electron chi connectivity index (χ4n) is 2.95. The van der Waals surface area contributed by atoms with Crippen LogP contribution in [0.15, 0.2) is 0 Å². The average molecular weight is 212 g/mol. The van der Waals surface area contributed by atoms with E-state index in [1.807, 2.05) is 6.92 Å². The molecular formula is C11H20N2O2. The number of hydrogen-bond acceptors (Lipinski definition) is 4. The lowest BCUT2D eigenvalue weighted by Gasteiger charge is -2.41. The fraction of sp³-hybridized carbons (Fsp3) is 0.909. The molecular weight excluding hydrogens is 192 g/mol. The lowest BCUT2D eigenvalue weighted by molar-refractivity contribution is -0.152. The Hall–Kier alpha value is -0.610. The van der Waals surface area contributed by atoms with Crippen molar-refractivity contribution in [2.24, 2.45) is 5.73 Å². The van der Waals surface area contributed by atoms with Crippen molar-refractivity contribution in [3.05, 3.63) is 0 Å². The van der Waals surface area contributed by atoms with Crippen LogP contribution in [0.5, 0.6) is 0 Å². The second kappa shape index (κ2) is 3.76. The lowest BCUT2D eigenvalue weighted by Crippen LogP contribution is -2.59. The van der Waals surface area contributed by atoms with E-state index in [1.54, 1.807) is 0 Å². The second-order valence-electron chi connectivity index (χ2n) is 4.84. The minimum atomic E-state index is -0.728. The first-order valence-corrected chi connectivity index (χ1v) is 5.75. The van der Waals surface area contributed by atoms with Crippen LogP contribution in [0.4, 0.5) is 0 Å². The zero-order chi connectivity index (χ0) is 11.1. The van der Waals surface area contributed by atoms with Crippen molar-refractivity contribution in [3.8, 4) is 0 Å². The van der Waals surface area contributed by atoms with Crippen molar-refractivity contribution in [1.29, 1.82) is 0 Å². The number of ether oxygens (including phenoxy) is 1. The predicted octanol–water partition coefficient (Wildman–Crippen LogP) is 0.504. The largest absolute Gasteiger partial charge is 0.465 e. The number of rotatable bonds is 2. The highest BCUT2D eigenvalue weighted by molar-refractivity contribution is 5.81. The van der Waals surface area contributed by atoms with Gasteiger partial charge in [-0.05, 0) is 39.7 Å². The van der Waals surface area contributed by atoms with Crippen LogP contribution in [0.25, 0.3) is 0 Å². The first-order valence-electron chi connectivity index (χ1n) is 5.75. The van der Waals surface area contributed by atoms with E-state index in [4.69, 9.17) is 10.5 Å². The Labute approximate surface area is 90.8 Å². The van der Waals surface area contributed by atoms with Gasteiger partial charge in [0.05, 0.1) is 6.61 Å². The summed E-state index contributed by atoms with van der Waals surface area (Å²) < 4.78 is 5.06. The molecule has 2 N–H and O–H groups in total. The number of esters is 1. The minimum Gasteiger partial charge on any atom is -0.465 e. The highest BCUT2D eigenvalue weighted by Gasteiger charge is 2.49. The summed E-state index contributed by atoms with van der Waals surface area (Å²) >= 11 is 0. The Bertz CT molecular complexity index is 253. The molecule has 0 aromatic carbocycles. The summed E-state index contributed by atoms with van der Waals surface area (Å²) in [4.78, 5) is 14.1. The summed E-state index contributed by atoms with van der Waals surface area (Å²) in [6, 6.07) is 0.941.